The predicted molar refractivity (Wildman–Crippen MR) is 84.3 cm³/mol. The van der Waals surface area contributed by atoms with Crippen molar-refractivity contribution in [2.45, 2.75) is 20.3 Å². The molecule has 0 bridgehead atoms. The number of nitrogens with one attached hydrogen (secondary N) is 1. The van der Waals surface area contributed by atoms with Crippen LogP contribution in [0.3, 0.4) is 0 Å². The number of carbonyl (C=O) groups is 3. The molecule has 1 saturated heterocycles. The normalized spacial score (nSPS) is 17.9. The fourth-order valence-electron chi connectivity index (χ4n) is 2.37. The number of benzene rings is 1. The highest BCUT2D eigenvalue weighted by molar-refractivity contribution is 8.13. The minimum atomic E-state index is -0.169. The van der Waals surface area contributed by atoms with E-state index in [0.717, 1.165) is 0 Å². The summed E-state index contributed by atoms with van der Waals surface area (Å²) in [5, 5.41) is 2.81. The van der Waals surface area contributed by atoms with Gasteiger partial charge in [-0.1, -0.05) is 23.9 Å². The summed E-state index contributed by atoms with van der Waals surface area (Å²) in [6, 6.07) is 7.26. The van der Waals surface area contributed by atoms with Gasteiger partial charge in [0.2, 0.25) is 11.8 Å². The topological polar surface area (TPSA) is 66.5 Å². The monoisotopic (exact) mass is 306 g/mol. The van der Waals surface area contributed by atoms with Gasteiger partial charge in [0.05, 0.1) is 11.4 Å². The fourth-order valence-corrected chi connectivity index (χ4v) is 3.06. The maximum Gasteiger partial charge on any atom is 0.227 e. The predicted octanol–water partition coefficient (Wildman–Crippen LogP) is 2.28. The number of thioether (sulfide) groups is 1. The first kappa shape index (κ1) is 15.6. The van der Waals surface area contributed by atoms with E-state index < -0.39 is 0 Å². The molecule has 0 aliphatic carbocycles. The second-order valence-corrected chi connectivity index (χ2v) is 6.27. The number of para-hydroxylation sites is 2. The summed E-state index contributed by atoms with van der Waals surface area (Å²) in [4.78, 5) is 36.2. The van der Waals surface area contributed by atoms with E-state index in [2.05, 4.69) is 5.32 Å². The van der Waals surface area contributed by atoms with Gasteiger partial charge in [-0.3, -0.25) is 14.4 Å². The molecule has 1 aliphatic rings. The van der Waals surface area contributed by atoms with Gasteiger partial charge in [-0.05, 0) is 18.1 Å². The summed E-state index contributed by atoms with van der Waals surface area (Å²) >= 11 is 1.26. The van der Waals surface area contributed by atoms with E-state index in [4.69, 9.17) is 0 Å². The average Bonchev–Trinajstić information content (AvgIpc) is 2.77. The molecule has 2 rings (SSSR count). The molecule has 0 aromatic heterocycles. The Morgan fingerprint density at radius 1 is 1.33 bits per heavy atom. The molecule has 1 aromatic carbocycles. The Labute approximate surface area is 128 Å². The molecule has 1 fully saturated rings. The van der Waals surface area contributed by atoms with Crippen LogP contribution >= 0.6 is 11.8 Å². The summed E-state index contributed by atoms with van der Waals surface area (Å²) in [5.74, 6) is 0.677. The van der Waals surface area contributed by atoms with E-state index >= 15 is 0 Å². The molecule has 0 saturated carbocycles. The Morgan fingerprint density at radius 2 is 2.05 bits per heavy atom. The first-order valence-corrected chi connectivity index (χ1v) is 7.76. The largest absolute Gasteiger partial charge is 0.325 e. The van der Waals surface area contributed by atoms with Gasteiger partial charge in [0, 0.05) is 32.6 Å². The minimum Gasteiger partial charge on any atom is -0.325 e. The lowest BCUT2D eigenvalue weighted by atomic mass is 10.1. The standard InChI is InChI=1S/C15H18N2O3S/c1-10(18)16-13-5-3-4-6-14(13)17-8-12(7-15(17)20)9-21-11(2)19/h3-6,12H,7-9H2,1-2H3,(H,16,18). The molecular weight excluding hydrogens is 288 g/mol. The van der Waals surface area contributed by atoms with Gasteiger partial charge in [0.1, 0.15) is 0 Å². The third-order valence-corrected chi connectivity index (χ3v) is 4.28. The number of anilines is 2. The van der Waals surface area contributed by atoms with Crippen LogP contribution in [0.1, 0.15) is 20.3 Å². The van der Waals surface area contributed by atoms with Gasteiger partial charge in [0.25, 0.3) is 0 Å². The summed E-state index contributed by atoms with van der Waals surface area (Å²) in [7, 11) is 0. The Balaban J connectivity index is 2.13. The van der Waals surface area contributed by atoms with E-state index in [1.807, 2.05) is 18.2 Å². The van der Waals surface area contributed by atoms with Crippen LogP contribution in [0.25, 0.3) is 0 Å². The van der Waals surface area contributed by atoms with E-state index in [0.29, 0.717) is 30.1 Å². The Bertz CT molecular complexity index is 574. The van der Waals surface area contributed by atoms with E-state index in [1.165, 1.54) is 25.6 Å². The van der Waals surface area contributed by atoms with Crippen LogP contribution in [0.2, 0.25) is 0 Å². The van der Waals surface area contributed by atoms with Crippen molar-refractivity contribution in [3.63, 3.8) is 0 Å². The molecule has 5 nitrogen and oxygen atoms in total. The lowest BCUT2D eigenvalue weighted by molar-refractivity contribution is -0.117. The zero-order chi connectivity index (χ0) is 15.4. The van der Waals surface area contributed by atoms with Gasteiger partial charge in [-0.15, -0.1) is 0 Å². The smallest absolute Gasteiger partial charge is 0.227 e. The molecule has 6 heteroatoms. The third kappa shape index (κ3) is 4.07. The quantitative estimate of drug-likeness (QED) is 0.926. The van der Waals surface area contributed by atoms with Gasteiger partial charge in [-0.25, -0.2) is 0 Å². The van der Waals surface area contributed by atoms with Crippen LogP contribution in [-0.4, -0.2) is 29.2 Å². The minimum absolute atomic E-state index is 0.0296. The summed E-state index contributed by atoms with van der Waals surface area (Å²) in [5.41, 5.74) is 1.35. The highest BCUT2D eigenvalue weighted by atomic mass is 32.2. The van der Waals surface area contributed by atoms with Crippen molar-refractivity contribution in [1.82, 2.24) is 0 Å². The van der Waals surface area contributed by atoms with Gasteiger partial charge < -0.3 is 10.2 Å². The van der Waals surface area contributed by atoms with E-state index in [9.17, 15) is 14.4 Å². The molecule has 112 valence electrons. The molecular formula is C15H18N2O3S. The molecule has 0 radical (unpaired) electrons. The molecule has 1 aliphatic heterocycles. The lowest BCUT2D eigenvalue weighted by Crippen LogP contribution is -2.26. The highest BCUT2D eigenvalue weighted by Crippen LogP contribution is 2.32. The zero-order valence-corrected chi connectivity index (χ0v) is 12.9. The Kier molecular flexibility index (Phi) is 5.01. The number of carbonyl (C=O) groups excluding carboxylic acids is 3. The second-order valence-electron chi connectivity index (χ2n) is 5.08. The molecule has 1 N–H and O–H groups in total. The van der Waals surface area contributed by atoms with Crippen LogP contribution < -0.4 is 10.2 Å². The van der Waals surface area contributed by atoms with Crippen molar-refractivity contribution in [3.05, 3.63) is 24.3 Å². The van der Waals surface area contributed by atoms with Gasteiger partial charge in [-0.2, -0.15) is 0 Å². The Hall–Kier alpha value is -1.82. The van der Waals surface area contributed by atoms with Crippen LogP contribution in [-0.2, 0) is 14.4 Å². The molecule has 1 atom stereocenters. The Morgan fingerprint density at radius 3 is 2.71 bits per heavy atom. The average molecular weight is 306 g/mol. The number of hydrogen-bond donors (Lipinski definition) is 1. The first-order valence-electron chi connectivity index (χ1n) is 6.77. The summed E-state index contributed by atoms with van der Waals surface area (Å²) in [6.45, 7) is 3.55. The number of hydrogen-bond acceptors (Lipinski definition) is 4. The molecule has 0 spiro atoms. The number of rotatable bonds is 4. The SMILES string of the molecule is CC(=O)Nc1ccccc1N1CC(CSC(C)=O)CC1=O. The van der Waals surface area contributed by atoms with Gasteiger partial charge in [0.15, 0.2) is 5.12 Å². The maximum absolute atomic E-state index is 12.2. The molecule has 1 unspecified atom stereocenters. The number of nitrogens with zero attached hydrogens (tertiary/aromatic N) is 1. The third-order valence-electron chi connectivity index (χ3n) is 3.23. The van der Waals surface area contributed by atoms with E-state index in [-0.39, 0.29) is 22.8 Å². The highest BCUT2D eigenvalue weighted by Gasteiger charge is 2.31. The second kappa shape index (κ2) is 6.76. The van der Waals surface area contributed by atoms with Crippen LogP contribution in [0, 0.1) is 5.92 Å². The molecule has 21 heavy (non-hydrogen) atoms. The van der Waals surface area contributed by atoms with Crippen LogP contribution in [0.5, 0.6) is 0 Å². The summed E-state index contributed by atoms with van der Waals surface area (Å²) in [6.07, 6.45) is 0.439. The zero-order valence-electron chi connectivity index (χ0n) is 12.1. The first-order chi connectivity index (χ1) is 9.97. The molecule has 1 heterocycles. The molecule has 2 amide bonds. The van der Waals surface area contributed by atoms with Crippen molar-refractivity contribution >= 4 is 40.1 Å². The van der Waals surface area contributed by atoms with Gasteiger partial charge >= 0.3 is 0 Å². The maximum atomic E-state index is 12.2. The van der Waals surface area contributed by atoms with Crippen LogP contribution in [0.15, 0.2) is 24.3 Å². The van der Waals surface area contributed by atoms with Crippen molar-refractivity contribution in [2.75, 3.05) is 22.5 Å². The lowest BCUT2D eigenvalue weighted by Gasteiger charge is -2.20. The summed E-state index contributed by atoms with van der Waals surface area (Å²) < 4.78 is 0. The van der Waals surface area contributed by atoms with Crippen molar-refractivity contribution < 1.29 is 14.4 Å². The van der Waals surface area contributed by atoms with Crippen LogP contribution in [0.4, 0.5) is 11.4 Å². The van der Waals surface area contributed by atoms with Crippen molar-refractivity contribution in [2.24, 2.45) is 5.92 Å². The van der Waals surface area contributed by atoms with E-state index in [1.54, 1.807) is 11.0 Å². The fraction of sp³-hybridized carbons (Fsp3) is 0.400. The molecule has 1 aromatic rings. The van der Waals surface area contributed by atoms with Crippen molar-refractivity contribution in [1.29, 1.82) is 0 Å². The van der Waals surface area contributed by atoms with Crippen molar-refractivity contribution in [3.8, 4) is 0 Å². The number of amides is 2.